The topological polar surface area (TPSA) is 55.8 Å². The van der Waals surface area contributed by atoms with Crippen molar-refractivity contribution in [1.29, 1.82) is 0 Å². The Balaban J connectivity index is 1.67. The van der Waals surface area contributed by atoms with E-state index in [4.69, 9.17) is 9.47 Å². The Morgan fingerprint density at radius 3 is 2.58 bits per heavy atom. The number of carbonyl (C=O) groups excluding carboxylic acids is 2. The zero-order valence-corrected chi connectivity index (χ0v) is 14.4. The van der Waals surface area contributed by atoms with E-state index in [2.05, 4.69) is 0 Å². The molecule has 1 aromatic rings. The molecule has 3 rings (SSSR count). The number of piperidine rings is 1. The molecule has 2 amide bonds. The Morgan fingerprint density at radius 2 is 1.83 bits per heavy atom. The number of hydrogen-bond acceptors (Lipinski definition) is 4. The summed E-state index contributed by atoms with van der Waals surface area (Å²) in [5.74, 6) is 1.70. The van der Waals surface area contributed by atoms with Crippen LogP contribution in [0.15, 0.2) is 18.2 Å². The number of rotatable bonds is 5. The maximum atomic E-state index is 12.7. The molecule has 1 heterocycles. The molecule has 1 aromatic carbocycles. The molecule has 24 heavy (non-hydrogen) atoms. The first kappa shape index (κ1) is 16.8. The van der Waals surface area contributed by atoms with E-state index in [-0.39, 0.29) is 23.7 Å². The number of benzene rings is 1. The second kappa shape index (κ2) is 7.24. The summed E-state index contributed by atoms with van der Waals surface area (Å²) >= 11 is 0. The Morgan fingerprint density at radius 1 is 1.08 bits per heavy atom. The van der Waals surface area contributed by atoms with Gasteiger partial charge in [-0.1, -0.05) is 18.9 Å². The summed E-state index contributed by atoms with van der Waals surface area (Å²) in [6, 6.07) is 5.70. The molecule has 130 valence electrons. The molecule has 1 aliphatic heterocycles. The Bertz CT molecular complexity index is 628. The second-order valence-corrected chi connectivity index (χ2v) is 6.68. The van der Waals surface area contributed by atoms with Gasteiger partial charge in [0, 0.05) is 18.9 Å². The van der Waals surface area contributed by atoms with Crippen LogP contribution in [0.4, 0.5) is 0 Å². The highest BCUT2D eigenvalue weighted by molar-refractivity contribution is 5.99. The third kappa shape index (κ3) is 3.25. The predicted molar refractivity (Wildman–Crippen MR) is 90.0 cm³/mol. The van der Waals surface area contributed by atoms with Crippen LogP contribution >= 0.6 is 0 Å². The SMILES string of the molecule is COc1ccc(CCN2C(=O)C[C@@H]3CCCC[C@@H]3C2=O)cc1OC. The van der Waals surface area contributed by atoms with Crippen molar-refractivity contribution in [2.24, 2.45) is 11.8 Å². The fourth-order valence-electron chi connectivity index (χ4n) is 3.95. The molecule has 1 saturated carbocycles. The molecular formula is C19H25NO4. The first-order chi connectivity index (χ1) is 11.6. The van der Waals surface area contributed by atoms with Gasteiger partial charge < -0.3 is 9.47 Å². The Hall–Kier alpha value is -2.04. The van der Waals surface area contributed by atoms with Gasteiger partial charge in [-0.25, -0.2) is 0 Å². The van der Waals surface area contributed by atoms with Gasteiger partial charge in [-0.3, -0.25) is 14.5 Å². The molecule has 0 radical (unpaired) electrons. The van der Waals surface area contributed by atoms with Gasteiger partial charge in [0.05, 0.1) is 14.2 Å². The average molecular weight is 331 g/mol. The van der Waals surface area contributed by atoms with Gasteiger partial charge in [-0.05, 0) is 42.9 Å². The number of ether oxygens (including phenoxy) is 2. The first-order valence-corrected chi connectivity index (χ1v) is 8.69. The van der Waals surface area contributed by atoms with Crippen LogP contribution in [0.3, 0.4) is 0 Å². The number of amides is 2. The number of methoxy groups -OCH3 is 2. The average Bonchev–Trinajstić information content (AvgIpc) is 2.61. The lowest BCUT2D eigenvalue weighted by Gasteiger charge is -2.39. The van der Waals surface area contributed by atoms with Gasteiger partial charge in [0.15, 0.2) is 11.5 Å². The lowest BCUT2D eigenvalue weighted by molar-refractivity contribution is -0.156. The molecule has 5 nitrogen and oxygen atoms in total. The van der Waals surface area contributed by atoms with E-state index in [0.717, 1.165) is 31.2 Å². The van der Waals surface area contributed by atoms with Crippen LogP contribution < -0.4 is 9.47 Å². The van der Waals surface area contributed by atoms with E-state index in [1.165, 1.54) is 4.90 Å². The fourth-order valence-corrected chi connectivity index (χ4v) is 3.95. The van der Waals surface area contributed by atoms with Crippen LogP contribution in [-0.4, -0.2) is 37.5 Å². The predicted octanol–water partition coefficient (Wildman–Crippen LogP) is 2.81. The van der Waals surface area contributed by atoms with Crippen molar-refractivity contribution < 1.29 is 19.1 Å². The monoisotopic (exact) mass is 331 g/mol. The van der Waals surface area contributed by atoms with Gasteiger partial charge in [0.2, 0.25) is 11.8 Å². The largest absolute Gasteiger partial charge is 0.493 e. The van der Waals surface area contributed by atoms with E-state index in [1.54, 1.807) is 14.2 Å². The van der Waals surface area contributed by atoms with Gasteiger partial charge in [0.25, 0.3) is 0 Å². The van der Waals surface area contributed by atoms with Crippen molar-refractivity contribution >= 4 is 11.8 Å². The summed E-state index contributed by atoms with van der Waals surface area (Å²) in [4.78, 5) is 26.5. The van der Waals surface area contributed by atoms with Crippen LogP contribution in [0.2, 0.25) is 0 Å². The van der Waals surface area contributed by atoms with Crippen molar-refractivity contribution in [3.63, 3.8) is 0 Å². The highest BCUT2D eigenvalue weighted by atomic mass is 16.5. The van der Waals surface area contributed by atoms with Crippen LogP contribution in [0, 0.1) is 11.8 Å². The molecule has 2 fully saturated rings. The number of carbonyl (C=O) groups is 2. The quantitative estimate of drug-likeness (QED) is 0.779. The molecule has 0 aromatic heterocycles. The van der Waals surface area contributed by atoms with E-state index in [1.807, 2.05) is 18.2 Å². The maximum absolute atomic E-state index is 12.7. The third-order valence-electron chi connectivity index (χ3n) is 5.30. The molecule has 0 bridgehead atoms. The normalized spacial score (nSPS) is 23.8. The van der Waals surface area contributed by atoms with Gasteiger partial charge >= 0.3 is 0 Å². The molecule has 1 aliphatic carbocycles. The minimum Gasteiger partial charge on any atom is -0.493 e. The second-order valence-electron chi connectivity index (χ2n) is 6.68. The number of fused-ring (bicyclic) bond motifs is 1. The van der Waals surface area contributed by atoms with E-state index in [0.29, 0.717) is 30.9 Å². The lowest BCUT2D eigenvalue weighted by Crippen LogP contribution is -2.50. The van der Waals surface area contributed by atoms with E-state index in [9.17, 15) is 9.59 Å². The summed E-state index contributed by atoms with van der Waals surface area (Å²) in [5.41, 5.74) is 1.03. The first-order valence-electron chi connectivity index (χ1n) is 8.69. The van der Waals surface area contributed by atoms with Crippen LogP contribution in [0.25, 0.3) is 0 Å². The Labute approximate surface area is 142 Å². The zero-order valence-electron chi connectivity index (χ0n) is 14.4. The third-order valence-corrected chi connectivity index (χ3v) is 5.30. The summed E-state index contributed by atoms with van der Waals surface area (Å²) in [6.45, 7) is 0.441. The molecule has 5 heteroatoms. The van der Waals surface area contributed by atoms with Crippen molar-refractivity contribution in [1.82, 2.24) is 4.90 Å². The number of imide groups is 1. The summed E-state index contributed by atoms with van der Waals surface area (Å²) in [6.07, 6.45) is 5.37. The van der Waals surface area contributed by atoms with Crippen LogP contribution in [0.1, 0.15) is 37.7 Å². The maximum Gasteiger partial charge on any atom is 0.232 e. The van der Waals surface area contributed by atoms with Crippen molar-refractivity contribution in [3.8, 4) is 11.5 Å². The van der Waals surface area contributed by atoms with E-state index >= 15 is 0 Å². The molecule has 0 unspecified atom stereocenters. The standard InChI is InChI=1S/C19H25NO4/c1-23-16-8-7-13(11-17(16)24-2)9-10-20-18(21)12-14-5-3-4-6-15(14)19(20)22/h7-8,11,14-15H,3-6,9-10,12H2,1-2H3/t14-,15-/m0/s1. The minimum atomic E-state index is -0.0105. The smallest absolute Gasteiger partial charge is 0.232 e. The zero-order chi connectivity index (χ0) is 17.1. The van der Waals surface area contributed by atoms with E-state index < -0.39 is 0 Å². The minimum absolute atomic E-state index is 0.0105. The number of likely N-dealkylation sites (tertiary alicyclic amines) is 1. The van der Waals surface area contributed by atoms with Gasteiger partial charge in [-0.2, -0.15) is 0 Å². The number of nitrogens with zero attached hydrogens (tertiary/aromatic N) is 1. The molecule has 0 spiro atoms. The van der Waals surface area contributed by atoms with Crippen molar-refractivity contribution in [2.45, 2.75) is 38.5 Å². The molecule has 1 saturated heterocycles. The summed E-state index contributed by atoms with van der Waals surface area (Å²) in [7, 11) is 3.20. The molecule has 2 atom stereocenters. The highest BCUT2D eigenvalue weighted by Crippen LogP contribution is 2.37. The van der Waals surface area contributed by atoms with Gasteiger partial charge in [-0.15, -0.1) is 0 Å². The Kier molecular flexibility index (Phi) is 5.07. The lowest BCUT2D eigenvalue weighted by atomic mass is 9.74. The van der Waals surface area contributed by atoms with Crippen LogP contribution in [0.5, 0.6) is 11.5 Å². The summed E-state index contributed by atoms with van der Waals surface area (Å²) in [5, 5.41) is 0. The summed E-state index contributed by atoms with van der Waals surface area (Å²) < 4.78 is 10.5. The molecular weight excluding hydrogens is 306 g/mol. The highest BCUT2D eigenvalue weighted by Gasteiger charge is 2.41. The van der Waals surface area contributed by atoms with Crippen LogP contribution in [-0.2, 0) is 16.0 Å². The number of hydrogen-bond donors (Lipinski definition) is 0. The fraction of sp³-hybridized carbons (Fsp3) is 0.579. The van der Waals surface area contributed by atoms with Crippen molar-refractivity contribution in [3.05, 3.63) is 23.8 Å². The molecule has 2 aliphatic rings. The van der Waals surface area contributed by atoms with Gasteiger partial charge in [0.1, 0.15) is 0 Å². The van der Waals surface area contributed by atoms with Crippen molar-refractivity contribution in [2.75, 3.05) is 20.8 Å². The molecule has 0 N–H and O–H groups in total.